The fraction of sp³-hybridized carbons (Fsp3) is 0.259. The summed E-state index contributed by atoms with van der Waals surface area (Å²) in [6, 6.07) is 13.9. The van der Waals surface area contributed by atoms with E-state index in [0.29, 0.717) is 34.4 Å². The minimum absolute atomic E-state index is 0.0285. The summed E-state index contributed by atoms with van der Waals surface area (Å²) in [6.45, 7) is 0.667. The molecule has 2 aliphatic rings. The van der Waals surface area contributed by atoms with E-state index in [0.717, 1.165) is 25.7 Å². The van der Waals surface area contributed by atoms with Gasteiger partial charge in [0.2, 0.25) is 0 Å². The average molecular weight is 475 g/mol. The summed E-state index contributed by atoms with van der Waals surface area (Å²) in [4.78, 5) is 25.9. The third kappa shape index (κ3) is 3.85. The molecule has 1 amide bonds. The van der Waals surface area contributed by atoms with Crippen molar-refractivity contribution in [1.29, 1.82) is 0 Å². The Morgan fingerprint density at radius 2 is 1.49 bits per heavy atom. The van der Waals surface area contributed by atoms with Gasteiger partial charge in [-0.05, 0) is 55.3 Å². The predicted molar refractivity (Wildman–Crippen MR) is 126 cm³/mol. The molecule has 5 rings (SSSR count). The Bertz CT molecular complexity index is 1270. The van der Waals surface area contributed by atoms with Gasteiger partial charge in [-0.25, -0.2) is 4.79 Å². The fourth-order valence-electron chi connectivity index (χ4n) is 4.73. The molecule has 2 aliphatic heterocycles. The van der Waals surface area contributed by atoms with E-state index in [1.165, 1.54) is 24.3 Å². The SMILES string of the molecule is O=C(NCCCCCCO)c1ccc2c(c1)C1(OC2=O)c2ccc(O)cc2Oc2cc(O)ccc21. The third-order valence-corrected chi connectivity index (χ3v) is 6.41. The van der Waals surface area contributed by atoms with E-state index < -0.39 is 11.6 Å². The molecule has 8 heteroatoms. The van der Waals surface area contributed by atoms with E-state index in [1.807, 2.05) is 0 Å². The van der Waals surface area contributed by atoms with Crippen molar-refractivity contribution in [2.45, 2.75) is 31.3 Å². The number of hydrogen-bond donors (Lipinski definition) is 4. The van der Waals surface area contributed by atoms with E-state index in [-0.39, 0.29) is 35.5 Å². The molecule has 2 heterocycles. The van der Waals surface area contributed by atoms with Gasteiger partial charge in [0.25, 0.3) is 5.91 Å². The molecule has 8 nitrogen and oxygen atoms in total. The number of aliphatic hydroxyl groups is 1. The van der Waals surface area contributed by atoms with Gasteiger partial charge in [0.1, 0.15) is 23.0 Å². The lowest BCUT2D eigenvalue weighted by Gasteiger charge is -2.36. The molecule has 35 heavy (non-hydrogen) atoms. The number of hydrogen-bond acceptors (Lipinski definition) is 7. The highest BCUT2D eigenvalue weighted by Gasteiger charge is 2.53. The molecule has 0 fully saturated rings. The summed E-state index contributed by atoms with van der Waals surface area (Å²) in [5.74, 6) is -0.314. The normalized spacial score (nSPS) is 14.5. The van der Waals surface area contributed by atoms with E-state index in [4.69, 9.17) is 14.6 Å². The molecule has 4 N–H and O–H groups in total. The number of carbonyl (C=O) groups is 2. The van der Waals surface area contributed by atoms with Crippen molar-refractivity contribution < 1.29 is 34.4 Å². The van der Waals surface area contributed by atoms with Gasteiger partial charge < -0.3 is 30.1 Å². The van der Waals surface area contributed by atoms with Crippen LogP contribution in [0.3, 0.4) is 0 Å². The Hall–Kier alpha value is -4.04. The lowest BCUT2D eigenvalue weighted by Crippen LogP contribution is -2.33. The number of carbonyl (C=O) groups excluding carboxylic acids is 2. The van der Waals surface area contributed by atoms with Crippen LogP contribution in [0.2, 0.25) is 0 Å². The third-order valence-electron chi connectivity index (χ3n) is 6.41. The van der Waals surface area contributed by atoms with Gasteiger partial charge >= 0.3 is 5.97 Å². The van der Waals surface area contributed by atoms with E-state index in [9.17, 15) is 19.8 Å². The van der Waals surface area contributed by atoms with Crippen LogP contribution >= 0.6 is 0 Å². The van der Waals surface area contributed by atoms with Crippen molar-refractivity contribution in [2.75, 3.05) is 13.2 Å². The van der Waals surface area contributed by atoms with Gasteiger partial charge in [-0.1, -0.05) is 12.8 Å². The van der Waals surface area contributed by atoms with Crippen molar-refractivity contribution in [1.82, 2.24) is 5.32 Å². The molecule has 0 saturated heterocycles. The number of amides is 1. The van der Waals surface area contributed by atoms with E-state index in [2.05, 4.69) is 5.32 Å². The molecule has 180 valence electrons. The second kappa shape index (κ2) is 8.96. The van der Waals surface area contributed by atoms with Crippen LogP contribution in [0.5, 0.6) is 23.0 Å². The Morgan fingerprint density at radius 1 is 0.829 bits per heavy atom. The van der Waals surface area contributed by atoms with Crippen LogP contribution in [0.15, 0.2) is 54.6 Å². The summed E-state index contributed by atoms with van der Waals surface area (Å²) < 4.78 is 12.0. The first-order chi connectivity index (χ1) is 16.9. The first kappa shape index (κ1) is 22.7. The van der Waals surface area contributed by atoms with Crippen molar-refractivity contribution in [2.24, 2.45) is 0 Å². The van der Waals surface area contributed by atoms with Crippen molar-refractivity contribution in [3.05, 3.63) is 82.4 Å². The lowest BCUT2D eigenvalue weighted by atomic mass is 9.77. The molecule has 3 aromatic rings. The molecule has 0 atom stereocenters. The van der Waals surface area contributed by atoms with Crippen LogP contribution in [0.25, 0.3) is 0 Å². The maximum absolute atomic E-state index is 13.0. The number of phenolic OH excluding ortho intramolecular Hbond substituents is 2. The number of nitrogens with one attached hydrogen (secondary N) is 1. The van der Waals surface area contributed by atoms with Crippen molar-refractivity contribution in [3.8, 4) is 23.0 Å². The largest absolute Gasteiger partial charge is 0.508 e. The second-order valence-electron chi connectivity index (χ2n) is 8.69. The zero-order valence-corrected chi connectivity index (χ0v) is 18.9. The number of ether oxygens (including phenoxy) is 2. The van der Waals surface area contributed by atoms with Crippen LogP contribution in [-0.4, -0.2) is 40.3 Å². The average Bonchev–Trinajstić information content (AvgIpc) is 3.13. The molecular weight excluding hydrogens is 450 g/mol. The topological polar surface area (TPSA) is 125 Å². The number of rotatable bonds is 7. The summed E-state index contributed by atoms with van der Waals surface area (Å²) >= 11 is 0. The summed E-state index contributed by atoms with van der Waals surface area (Å²) in [6.07, 6.45) is 3.35. The monoisotopic (exact) mass is 475 g/mol. The molecule has 0 aromatic heterocycles. The Balaban J connectivity index is 1.55. The standard InChI is InChI=1S/C27H25NO7/c29-12-4-2-1-3-11-28-25(32)16-5-8-19-22(13-16)27(35-26(19)33)20-9-6-17(30)14-23(20)34-24-15-18(31)7-10-21(24)27/h5-10,13-15,29-31H,1-4,11-12H2,(H,28,32). The predicted octanol–water partition coefficient (Wildman–Crippen LogP) is 3.95. The highest BCUT2D eigenvalue weighted by molar-refractivity contribution is 6.00. The maximum atomic E-state index is 13.0. The summed E-state index contributed by atoms with van der Waals surface area (Å²) in [7, 11) is 0. The highest BCUT2D eigenvalue weighted by Crippen LogP contribution is 2.57. The molecule has 0 aliphatic carbocycles. The molecule has 0 saturated carbocycles. The molecular formula is C27H25NO7. The Morgan fingerprint density at radius 3 is 2.14 bits per heavy atom. The van der Waals surface area contributed by atoms with E-state index in [1.54, 1.807) is 30.3 Å². The maximum Gasteiger partial charge on any atom is 0.340 e. The number of unbranched alkanes of at least 4 members (excludes halogenated alkanes) is 3. The van der Waals surface area contributed by atoms with Gasteiger partial charge in [-0.3, -0.25) is 4.79 Å². The van der Waals surface area contributed by atoms with Gasteiger partial charge in [0.05, 0.1) is 5.56 Å². The van der Waals surface area contributed by atoms with Gasteiger partial charge in [0.15, 0.2) is 5.60 Å². The van der Waals surface area contributed by atoms with Gasteiger partial charge in [-0.15, -0.1) is 0 Å². The minimum Gasteiger partial charge on any atom is -0.508 e. The summed E-state index contributed by atoms with van der Waals surface area (Å²) in [5, 5.41) is 31.8. The number of aromatic hydroxyl groups is 2. The van der Waals surface area contributed by atoms with Crippen LogP contribution in [-0.2, 0) is 10.3 Å². The second-order valence-corrected chi connectivity index (χ2v) is 8.69. The lowest BCUT2D eigenvalue weighted by molar-refractivity contribution is 0.0224. The Kier molecular flexibility index (Phi) is 5.82. The Labute approximate surface area is 201 Å². The molecule has 0 unspecified atom stereocenters. The van der Waals surface area contributed by atoms with Crippen LogP contribution in [0.1, 0.15) is 63.1 Å². The van der Waals surface area contributed by atoms with Crippen LogP contribution in [0, 0.1) is 0 Å². The van der Waals surface area contributed by atoms with Crippen LogP contribution in [0.4, 0.5) is 0 Å². The fourth-order valence-corrected chi connectivity index (χ4v) is 4.73. The molecule has 0 bridgehead atoms. The molecule has 0 radical (unpaired) electrons. The number of aliphatic hydroxyl groups excluding tert-OH is 1. The number of phenols is 2. The highest BCUT2D eigenvalue weighted by atomic mass is 16.6. The first-order valence-electron chi connectivity index (χ1n) is 11.6. The number of esters is 1. The smallest absolute Gasteiger partial charge is 0.340 e. The summed E-state index contributed by atoms with van der Waals surface area (Å²) in [5.41, 5.74) is 0.788. The van der Waals surface area contributed by atoms with E-state index >= 15 is 0 Å². The zero-order valence-electron chi connectivity index (χ0n) is 18.9. The van der Waals surface area contributed by atoms with Crippen molar-refractivity contribution >= 4 is 11.9 Å². The molecule has 1 spiro atoms. The molecule has 3 aromatic carbocycles. The first-order valence-corrected chi connectivity index (χ1v) is 11.6. The quantitative estimate of drug-likeness (QED) is 0.301. The minimum atomic E-state index is -1.41. The van der Waals surface area contributed by atoms with Crippen LogP contribution < -0.4 is 10.1 Å². The zero-order chi connectivity index (χ0) is 24.6. The van der Waals surface area contributed by atoms with Crippen molar-refractivity contribution in [3.63, 3.8) is 0 Å². The van der Waals surface area contributed by atoms with Gasteiger partial charge in [0, 0.05) is 47.5 Å². The number of benzene rings is 3. The van der Waals surface area contributed by atoms with Gasteiger partial charge in [-0.2, -0.15) is 0 Å². The number of fused-ring (bicyclic) bond motifs is 6.